The van der Waals surface area contributed by atoms with Crippen LogP contribution < -0.4 is 15.0 Å². The van der Waals surface area contributed by atoms with E-state index in [1.54, 1.807) is 0 Å². The number of hydrogen-bond acceptors (Lipinski definition) is 6. The van der Waals surface area contributed by atoms with Crippen molar-refractivity contribution in [2.75, 3.05) is 24.5 Å². The van der Waals surface area contributed by atoms with E-state index < -0.39 is 5.41 Å². The number of esters is 1. The molecule has 35 heavy (non-hydrogen) atoms. The monoisotopic (exact) mass is 470 g/mol. The van der Waals surface area contributed by atoms with Gasteiger partial charge in [0.2, 0.25) is 5.88 Å². The number of nitrogens with one attached hydrogen (secondary N) is 1. The molecule has 0 saturated carbocycles. The molecular weight excluding hydrogens is 436 g/mol. The fourth-order valence-corrected chi connectivity index (χ4v) is 5.31. The zero-order valence-corrected chi connectivity index (χ0v) is 21.1. The topological polar surface area (TPSA) is 67.3 Å². The Morgan fingerprint density at radius 1 is 1.03 bits per heavy atom. The fourth-order valence-electron chi connectivity index (χ4n) is 5.31. The maximum absolute atomic E-state index is 13.4. The summed E-state index contributed by atoms with van der Waals surface area (Å²) < 4.78 is 6.15. The van der Waals surface area contributed by atoms with Gasteiger partial charge in [-0.1, -0.05) is 36.4 Å². The minimum absolute atomic E-state index is 0.217. The molecule has 5 rings (SSSR count). The van der Waals surface area contributed by atoms with Crippen molar-refractivity contribution >= 4 is 11.7 Å². The minimum atomic E-state index is -0.556. The second-order valence-corrected chi connectivity index (χ2v) is 10.2. The molecule has 1 aromatic heterocycles. The van der Waals surface area contributed by atoms with Crippen molar-refractivity contribution in [2.24, 2.45) is 5.41 Å². The molecule has 3 aromatic rings. The first-order chi connectivity index (χ1) is 16.9. The summed E-state index contributed by atoms with van der Waals surface area (Å²) in [6.45, 7) is 11.3. The average molecular weight is 471 g/mol. The summed E-state index contributed by atoms with van der Waals surface area (Å²) in [7, 11) is 0. The number of hydrogen-bond donors (Lipinski definition) is 1. The molecule has 0 radical (unpaired) electrons. The zero-order chi connectivity index (χ0) is 24.6. The van der Waals surface area contributed by atoms with Crippen molar-refractivity contribution < 1.29 is 9.53 Å². The Hall–Kier alpha value is -3.25. The van der Waals surface area contributed by atoms with Crippen LogP contribution in [0.3, 0.4) is 0 Å². The van der Waals surface area contributed by atoms with Gasteiger partial charge in [-0.05, 0) is 69.8 Å². The standard InChI is InChI=1S/C29H34N4O2/c1-19-9-5-6-12-24(19)33-16-13-23-22(17-33)27(35-28(34)29(4)14-8-15-30-18-29)32-26(31-23)25-20(2)10-7-11-21(25)3/h5-7,9-12,30H,8,13-18H2,1-4H3. The molecule has 1 fully saturated rings. The van der Waals surface area contributed by atoms with Crippen molar-refractivity contribution in [2.45, 2.75) is 53.5 Å². The van der Waals surface area contributed by atoms with Crippen molar-refractivity contribution in [1.29, 1.82) is 0 Å². The summed E-state index contributed by atoms with van der Waals surface area (Å²) in [5, 5.41) is 3.35. The molecular formula is C29H34N4O2. The maximum Gasteiger partial charge on any atom is 0.319 e. The van der Waals surface area contributed by atoms with E-state index in [1.807, 2.05) is 13.0 Å². The van der Waals surface area contributed by atoms with Gasteiger partial charge in [0.1, 0.15) is 0 Å². The molecule has 0 bridgehead atoms. The molecule has 2 aliphatic heterocycles. The smallest absolute Gasteiger partial charge is 0.319 e. The first-order valence-corrected chi connectivity index (χ1v) is 12.6. The zero-order valence-electron chi connectivity index (χ0n) is 21.1. The van der Waals surface area contributed by atoms with Gasteiger partial charge in [0.05, 0.1) is 23.2 Å². The fraction of sp³-hybridized carbons (Fsp3) is 0.414. The van der Waals surface area contributed by atoms with Crippen LogP contribution in [-0.2, 0) is 17.8 Å². The molecule has 2 aromatic carbocycles. The molecule has 6 nitrogen and oxygen atoms in total. The lowest BCUT2D eigenvalue weighted by Crippen LogP contribution is -2.45. The van der Waals surface area contributed by atoms with Gasteiger partial charge in [-0.25, -0.2) is 4.98 Å². The molecule has 1 saturated heterocycles. The van der Waals surface area contributed by atoms with E-state index in [0.717, 1.165) is 60.3 Å². The van der Waals surface area contributed by atoms with Gasteiger partial charge in [-0.15, -0.1) is 0 Å². The van der Waals surface area contributed by atoms with Gasteiger partial charge in [0.25, 0.3) is 0 Å². The van der Waals surface area contributed by atoms with E-state index in [0.29, 0.717) is 24.8 Å². The largest absolute Gasteiger partial charge is 0.406 e. The number of piperidine rings is 1. The van der Waals surface area contributed by atoms with Crippen LogP contribution in [0.4, 0.5) is 5.69 Å². The van der Waals surface area contributed by atoms with Crippen LogP contribution in [0.1, 0.15) is 47.7 Å². The van der Waals surface area contributed by atoms with Crippen LogP contribution in [0.25, 0.3) is 11.4 Å². The quantitative estimate of drug-likeness (QED) is 0.546. The number of para-hydroxylation sites is 1. The normalized spacial score (nSPS) is 19.8. The lowest BCUT2D eigenvalue weighted by Gasteiger charge is -2.34. The highest BCUT2D eigenvalue weighted by Gasteiger charge is 2.38. The van der Waals surface area contributed by atoms with Gasteiger partial charge in [0.15, 0.2) is 5.82 Å². The number of rotatable bonds is 4. The average Bonchev–Trinajstić information content (AvgIpc) is 2.84. The third-order valence-electron chi connectivity index (χ3n) is 7.46. The van der Waals surface area contributed by atoms with E-state index in [1.165, 1.54) is 11.3 Å². The molecule has 1 unspecified atom stereocenters. The minimum Gasteiger partial charge on any atom is -0.406 e. The number of ether oxygens (including phenoxy) is 1. The van der Waals surface area contributed by atoms with E-state index in [2.05, 4.69) is 67.4 Å². The van der Waals surface area contributed by atoms with Gasteiger partial charge in [0, 0.05) is 30.8 Å². The van der Waals surface area contributed by atoms with Crippen molar-refractivity contribution in [1.82, 2.24) is 15.3 Å². The highest BCUT2D eigenvalue weighted by molar-refractivity contribution is 5.79. The highest BCUT2D eigenvalue weighted by Crippen LogP contribution is 2.35. The number of fused-ring (bicyclic) bond motifs is 1. The number of carbonyl (C=O) groups is 1. The predicted octanol–water partition coefficient (Wildman–Crippen LogP) is 4.93. The Labute approximate surface area is 207 Å². The lowest BCUT2D eigenvalue weighted by atomic mass is 9.83. The van der Waals surface area contributed by atoms with Crippen LogP contribution in [0.5, 0.6) is 5.88 Å². The van der Waals surface area contributed by atoms with E-state index in [4.69, 9.17) is 14.7 Å². The van der Waals surface area contributed by atoms with Crippen LogP contribution in [0.15, 0.2) is 42.5 Å². The van der Waals surface area contributed by atoms with Gasteiger partial charge in [-0.3, -0.25) is 4.79 Å². The Morgan fingerprint density at radius 3 is 2.49 bits per heavy atom. The molecule has 0 spiro atoms. The van der Waals surface area contributed by atoms with Crippen LogP contribution >= 0.6 is 0 Å². The van der Waals surface area contributed by atoms with Crippen LogP contribution in [0.2, 0.25) is 0 Å². The molecule has 6 heteroatoms. The highest BCUT2D eigenvalue weighted by atomic mass is 16.5. The summed E-state index contributed by atoms with van der Waals surface area (Å²) in [5.74, 6) is 0.826. The second kappa shape index (κ2) is 9.42. The first-order valence-electron chi connectivity index (χ1n) is 12.6. The van der Waals surface area contributed by atoms with Gasteiger partial charge < -0.3 is 15.0 Å². The van der Waals surface area contributed by atoms with Gasteiger partial charge in [-0.2, -0.15) is 4.98 Å². The van der Waals surface area contributed by atoms with E-state index in [9.17, 15) is 4.79 Å². The third-order valence-corrected chi connectivity index (χ3v) is 7.46. The van der Waals surface area contributed by atoms with Crippen molar-refractivity contribution in [3.8, 4) is 17.3 Å². The number of aryl methyl sites for hydroxylation is 3. The summed E-state index contributed by atoms with van der Waals surface area (Å²) in [5.41, 5.74) is 6.98. The Morgan fingerprint density at radius 2 is 1.77 bits per heavy atom. The maximum atomic E-state index is 13.4. The summed E-state index contributed by atoms with van der Waals surface area (Å²) >= 11 is 0. The molecule has 2 aliphatic rings. The summed E-state index contributed by atoms with van der Waals surface area (Å²) in [4.78, 5) is 25.7. The van der Waals surface area contributed by atoms with Crippen LogP contribution in [-0.4, -0.2) is 35.6 Å². The van der Waals surface area contributed by atoms with E-state index >= 15 is 0 Å². The predicted molar refractivity (Wildman–Crippen MR) is 139 cm³/mol. The number of nitrogens with zero attached hydrogens (tertiary/aromatic N) is 3. The summed E-state index contributed by atoms with van der Waals surface area (Å²) in [6, 6.07) is 14.6. The van der Waals surface area contributed by atoms with Crippen molar-refractivity contribution in [3.63, 3.8) is 0 Å². The lowest BCUT2D eigenvalue weighted by molar-refractivity contribution is -0.146. The Kier molecular flexibility index (Phi) is 6.32. The number of anilines is 1. The number of aromatic nitrogens is 2. The molecule has 182 valence electrons. The second-order valence-electron chi connectivity index (χ2n) is 10.2. The number of carbonyl (C=O) groups excluding carboxylic acids is 1. The van der Waals surface area contributed by atoms with E-state index in [-0.39, 0.29) is 5.97 Å². The molecule has 1 N–H and O–H groups in total. The van der Waals surface area contributed by atoms with Crippen LogP contribution in [0, 0.1) is 26.2 Å². The molecule has 3 heterocycles. The Bertz CT molecular complexity index is 1240. The van der Waals surface area contributed by atoms with Crippen molar-refractivity contribution in [3.05, 3.63) is 70.4 Å². The van der Waals surface area contributed by atoms with Gasteiger partial charge >= 0.3 is 5.97 Å². The number of benzene rings is 2. The first kappa shape index (κ1) is 23.5. The molecule has 1 atom stereocenters. The Balaban J connectivity index is 1.57. The third kappa shape index (κ3) is 4.55. The summed E-state index contributed by atoms with van der Waals surface area (Å²) in [6.07, 6.45) is 2.54. The SMILES string of the molecule is Cc1ccccc1N1CCc2nc(-c3c(C)cccc3C)nc(OC(=O)C3(C)CCCNC3)c2C1. The molecule has 0 amide bonds. The molecule has 0 aliphatic carbocycles.